The summed E-state index contributed by atoms with van der Waals surface area (Å²) in [7, 11) is 0. The molecular weight excluding hydrogens is 256 g/mol. The molecular formula is C19H32N2. The van der Waals surface area contributed by atoms with Gasteiger partial charge in [0.15, 0.2) is 0 Å². The molecule has 1 fully saturated rings. The Morgan fingerprint density at radius 2 is 1.76 bits per heavy atom. The summed E-state index contributed by atoms with van der Waals surface area (Å²) < 4.78 is 0. The molecule has 0 spiro atoms. The molecule has 1 saturated heterocycles. The third kappa shape index (κ3) is 6.62. The highest BCUT2D eigenvalue weighted by Gasteiger charge is 2.20. The molecule has 0 aliphatic carbocycles. The van der Waals surface area contributed by atoms with Gasteiger partial charge in [0.05, 0.1) is 0 Å². The first kappa shape index (κ1) is 16.5. The molecule has 1 aromatic rings. The van der Waals surface area contributed by atoms with Crippen molar-refractivity contribution in [2.75, 3.05) is 26.2 Å². The Morgan fingerprint density at radius 3 is 2.38 bits per heavy atom. The zero-order chi connectivity index (χ0) is 15.1. The number of likely N-dealkylation sites (tertiary alicyclic amines) is 1. The third-order valence-corrected chi connectivity index (χ3v) is 4.41. The lowest BCUT2D eigenvalue weighted by Gasteiger charge is -2.33. The van der Waals surface area contributed by atoms with Crippen LogP contribution in [0.4, 0.5) is 0 Å². The Hall–Kier alpha value is -0.860. The maximum atomic E-state index is 3.65. The molecule has 1 N–H and O–H groups in total. The number of benzene rings is 1. The number of hydrogen-bond donors (Lipinski definition) is 1. The normalized spacial score (nSPS) is 18.0. The second-order valence-electron chi connectivity index (χ2n) is 7.51. The van der Waals surface area contributed by atoms with Crippen molar-refractivity contribution in [2.24, 2.45) is 5.92 Å². The molecule has 0 amide bonds. The van der Waals surface area contributed by atoms with Crippen LogP contribution < -0.4 is 5.32 Å². The monoisotopic (exact) mass is 288 g/mol. The maximum absolute atomic E-state index is 3.65. The molecule has 21 heavy (non-hydrogen) atoms. The average Bonchev–Trinajstić information content (AvgIpc) is 2.47. The number of piperidine rings is 1. The fourth-order valence-corrected chi connectivity index (χ4v) is 3.02. The van der Waals surface area contributed by atoms with Crippen LogP contribution in [0.25, 0.3) is 0 Å². The second kappa shape index (κ2) is 7.95. The standard InChI is InChI=1S/C19H32N2/c1-19(2,3)20-16-18-11-14-21(15-12-18)13-7-10-17-8-5-4-6-9-17/h4-6,8-9,18,20H,7,10-16H2,1-3H3. The van der Waals surface area contributed by atoms with E-state index in [1.54, 1.807) is 0 Å². The molecule has 2 nitrogen and oxygen atoms in total. The van der Waals surface area contributed by atoms with Crippen molar-refractivity contribution in [3.63, 3.8) is 0 Å². The zero-order valence-corrected chi connectivity index (χ0v) is 14.1. The maximum Gasteiger partial charge on any atom is 0.00966 e. The van der Waals surface area contributed by atoms with Crippen LogP contribution in [0.3, 0.4) is 0 Å². The first-order valence-corrected chi connectivity index (χ1v) is 8.54. The summed E-state index contributed by atoms with van der Waals surface area (Å²) >= 11 is 0. The van der Waals surface area contributed by atoms with Gasteiger partial charge in [0.2, 0.25) is 0 Å². The quantitative estimate of drug-likeness (QED) is 0.858. The Bertz CT molecular complexity index is 386. The van der Waals surface area contributed by atoms with E-state index in [1.807, 2.05) is 0 Å². The van der Waals surface area contributed by atoms with Crippen LogP contribution in [0, 0.1) is 5.92 Å². The van der Waals surface area contributed by atoms with Gasteiger partial charge in [0.1, 0.15) is 0 Å². The molecule has 2 heteroatoms. The van der Waals surface area contributed by atoms with Crippen molar-refractivity contribution < 1.29 is 0 Å². The summed E-state index contributed by atoms with van der Waals surface area (Å²) in [5, 5.41) is 3.65. The summed E-state index contributed by atoms with van der Waals surface area (Å²) in [6, 6.07) is 10.9. The molecule has 0 atom stereocenters. The van der Waals surface area contributed by atoms with E-state index >= 15 is 0 Å². The van der Waals surface area contributed by atoms with Gasteiger partial charge in [-0.3, -0.25) is 0 Å². The van der Waals surface area contributed by atoms with Crippen LogP contribution in [0.15, 0.2) is 30.3 Å². The van der Waals surface area contributed by atoms with E-state index in [0.717, 1.165) is 5.92 Å². The Kier molecular flexibility index (Phi) is 6.25. The minimum absolute atomic E-state index is 0.257. The number of rotatable bonds is 6. The van der Waals surface area contributed by atoms with Gasteiger partial charge >= 0.3 is 0 Å². The van der Waals surface area contributed by atoms with Crippen LogP contribution in [-0.4, -0.2) is 36.6 Å². The number of nitrogens with zero attached hydrogens (tertiary/aromatic N) is 1. The van der Waals surface area contributed by atoms with E-state index < -0.39 is 0 Å². The number of hydrogen-bond acceptors (Lipinski definition) is 2. The SMILES string of the molecule is CC(C)(C)NCC1CCN(CCCc2ccccc2)CC1. The highest BCUT2D eigenvalue weighted by Crippen LogP contribution is 2.18. The van der Waals surface area contributed by atoms with Gasteiger partial charge in [-0.15, -0.1) is 0 Å². The third-order valence-electron chi connectivity index (χ3n) is 4.41. The average molecular weight is 288 g/mol. The van der Waals surface area contributed by atoms with Gasteiger partial charge in [-0.05, 0) is 84.1 Å². The largest absolute Gasteiger partial charge is 0.312 e. The molecule has 1 aromatic carbocycles. The predicted octanol–water partition coefficient (Wildman–Crippen LogP) is 3.72. The van der Waals surface area contributed by atoms with Crippen LogP contribution in [0.1, 0.15) is 45.6 Å². The summed E-state index contributed by atoms with van der Waals surface area (Å²) in [6.45, 7) is 11.8. The van der Waals surface area contributed by atoms with E-state index in [-0.39, 0.29) is 5.54 Å². The van der Waals surface area contributed by atoms with Crippen LogP contribution in [-0.2, 0) is 6.42 Å². The zero-order valence-electron chi connectivity index (χ0n) is 14.1. The first-order chi connectivity index (χ1) is 10.0. The van der Waals surface area contributed by atoms with Gasteiger partial charge in [-0.1, -0.05) is 30.3 Å². The Labute approximate surface area is 130 Å². The van der Waals surface area contributed by atoms with Crippen molar-refractivity contribution in [1.29, 1.82) is 0 Å². The molecule has 1 aliphatic rings. The van der Waals surface area contributed by atoms with Crippen molar-refractivity contribution in [1.82, 2.24) is 10.2 Å². The van der Waals surface area contributed by atoms with Crippen molar-refractivity contribution in [3.8, 4) is 0 Å². The van der Waals surface area contributed by atoms with Gasteiger partial charge in [-0.25, -0.2) is 0 Å². The fraction of sp³-hybridized carbons (Fsp3) is 0.684. The number of aryl methyl sites for hydroxylation is 1. The molecule has 2 rings (SSSR count). The topological polar surface area (TPSA) is 15.3 Å². The predicted molar refractivity (Wildman–Crippen MR) is 91.7 cm³/mol. The first-order valence-electron chi connectivity index (χ1n) is 8.54. The van der Waals surface area contributed by atoms with Crippen LogP contribution in [0.5, 0.6) is 0 Å². The highest BCUT2D eigenvalue weighted by atomic mass is 15.1. The summed E-state index contributed by atoms with van der Waals surface area (Å²) in [5.41, 5.74) is 1.73. The molecule has 0 unspecified atom stereocenters. The lowest BCUT2D eigenvalue weighted by molar-refractivity contribution is 0.175. The van der Waals surface area contributed by atoms with Crippen LogP contribution >= 0.6 is 0 Å². The summed E-state index contributed by atoms with van der Waals surface area (Å²) in [4.78, 5) is 2.65. The van der Waals surface area contributed by atoms with Gasteiger partial charge in [0, 0.05) is 5.54 Å². The van der Waals surface area contributed by atoms with E-state index in [1.165, 1.54) is 57.4 Å². The van der Waals surface area contributed by atoms with Crippen molar-refractivity contribution in [2.45, 2.75) is 52.0 Å². The minimum Gasteiger partial charge on any atom is -0.312 e. The Balaban J connectivity index is 1.59. The number of nitrogens with one attached hydrogen (secondary N) is 1. The molecule has 118 valence electrons. The summed E-state index contributed by atoms with van der Waals surface area (Å²) in [5.74, 6) is 0.870. The van der Waals surface area contributed by atoms with Crippen molar-refractivity contribution in [3.05, 3.63) is 35.9 Å². The molecule has 0 radical (unpaired) electrons. The highest BCUT2D eigenvalue weighted by molar-refractivity contribution is 5.14. The lowest BCUT2D eigenvalue weighted by Crippen LogP contribution is -2.43. The second-order valence-corrected chi connectivity index (χ2v) is 7.51. The van der Waals surface area contributed by atoms with Gasteiger partial charge < -0.3 is 10.2 Å². The molecule has 0 aromatic heterocycles. The summed E-state index contributed by atoms with van der Waals surface area (Å²) in [6.07, 6.45) is 5.21. The van der Waals surface area contributed by atoms with Crippen LogP contribution in [0.2, 0.25) is 0 Å². The molecule has 1 heterocycles. The van der Waals surface area contributed by atoms with E-state index in [0.29, 0.717) is 0 Å². The fourth-order valence-electron chi connectivity index (χ4n) is 3.02. The molecule has 0 bridgehead atoms. The molecule has 0 saturated carbocycles. The Morgan fingerprint density at radius 1 is 1.10 bits per heavy atom. The smallest absolute Gasteiger partial charge is 0.00966 e. The van der Waals surface area contributed by atoms with E-state index in [4.69, 9.17) is 0 Å². The lowest BCUT2D eigenvalue weighted by atomic mass is 9.95. The van der Waals surface area contributed by atoms with E-state index in [9.17, 15) is 0 Å². The minimum atomic E-state index is 0.257. The van der Waals surface area contributed by atoms with Gasteiger partial charge in [-0.2, -0.15) is 0 Å². The van der Waals surface area contributed by atoms with Crippen molar-refractivity contribution >= 4 is 0 Å². The molecule has 1 aliphatic heterocycles. The van der Waals surface area contributed by atoms with Gasteiger partial charge in [0.25, 0.3) is 0 Å². The van der Waals surface area contributed by atoms with E-state index in [2.05, 4.69) is 61.3 Å².